The van der Waals surface area contributed by atoms with Gasteiger partial charge in [-0.1, -0.05) is 79.2 Å². The number of nitrogens with zero attached hydrogens (tertiary/aromatic N) is 2. The molecule has 0 amide bonds. The van der Waals surface area contributed by atoms with Gasteiger partial charge in [-0.3, -0.25) is 0 Å². The summed E-state index contributed by atoms with van der Waals surface area (Å²) >= 11 is 8.08. The van der Waals surface area contributed by atoms with Crippen LogP contribution >= 0.6 is 22.9 Å². The summed E-state index contributed by atoms with van der Waals surface area (Å²) in [5.41, 5.74) is 4.96. The normalized spacial score (nSPS) is 11.9. The fourth-order valence-corrected chi connectivity index (χ4v) is 6.09. The van der Waals surface area contributed by atoms with Crippen molar-refractivity contribution < 1.29 is 14.6 Å². The van der Waals surface area contributed by atoms with Crippen LogP contribution in [0.4, 0.5) is 5.82 Å². The summed E-state index contributed by atoms with van der Waals surface area (Å²) in [6, 6.07) is 22.6. The van der Waals surface area contributed by atoms with Crippen LogP contribution in [0.5, 0.6) is 5.75 Å². The molecule has 5 rings (SSSR count). The van der Waals surface area contributed by atoms with Crippen molar-refractivity contribution in [3.63, 3.8) is 0 Å². The van der Waals surface area contributed by atoms with Gasteiger partial charge < -0.3 is 15.2 Å². The van der Waals surface area contributed by atoms with Crippen LogP contribution in [0.2, 0.25) is 5.02 Å². The molecule has 5 aromatic rings. The number of ether oxygens (including phenoxy) is 1. The number of aryl methyl sites for hydroxylation is 1. The van der Waals surface area contributed by atoms with E-state index >= 15 is 0 Å². The van der Waals surface area contributed by atoms with Crippen LogP contribution in [0, 0.1) is 6.92 Å². The van der Waals surface area contributed by atoms with Gasteiger partial charge >= 0.3 is 5.97 Å². The van der Waals surface area contributed by atoms with Gasteiger partial charge in [0.2, 0.25) is 0 Å². The van der Waals surface area contributed by atoms with Crippen LogP contribution in [0.3, 0.4) is 0 Å². The first-order chi connectivity index (χ1) is 19.5. The zero-order valence-electron chi connectivity index (χ0n) is 22.4. The van der Waals surface area contributed by atoms with Crippen molar-refractivity contribution in [1.29, 1.82) is 0 Å². The van der Waals surface area contributed by atoms with Crippen LogP contribution in [0.25, 0.3) is 21.3 Å². The van der Waals surface area contributed by atoms with Crippen LogP contribution in [-0.2, 0) is 24.1 Å². The number of aliphatic carboxylic acids is 1. The number of aromatic nitrogens is 2. The maximum Gasteiger partial charge on any atom is 0.326 e. The molecule has 40 heavy (non-hydrogen) atoms. The van der Waals surface area contributed by atoms with Crippen molar-refractivity contribution in [3.8, 4) is 16.9 Å². The number of anilines is 1. The lowest BCUT2D eigenvalue weighted by Gasteiger charge is -2.19. The molecule has 0 unspecified atom stereocenters. The molecule has 0 radical (unpaired) electrons. The molecule has 204 valence electrons. The van der Waals surface area contributed by atoms with Crippen LogP contribution in [0.1, 0.15) is 28.5 Å². The van der Waals surface area contributed by atoms with Crippen LogP contribution in [0.15, 0.2) is 79.1 Å². The smallest absolute Gasteiger partial charge is 0.326 e. The maximum atomic E-state index is 12.5. The summed E-state index contributed by atoms with van der Waals surface area (Å²) in [4.78, 5) is 23.5. The summed E-state index contributed by atoms with van der Waals surface area (Å²) in [6.07, 6.45) is 3.27. The highest BCUT2D eigenvalue weighted by Crippen LogP contribution is 2.43. The highest BCUT2D eigenvalue weighted by molar-refractivity contribution is 7.19. The number of fused-ring (bicyclic) bond motifs is 1. The standard InChI is InChI=1S/C32H30ClN3O3S/c1-3-27-28(23-13-9-14-24(33)20(23)2)29-30(34-19-35-31(29)40-27)36-25(32(37)38)18-22-12-7-8-15-26(22)39-17-16-21-10-5-4-6-11-21/h4-15,19,25H,3,16-18H2,1-2H3,(H,37,38)(H,34,35,36)/t25-/m1/s1. The van der Waals surface area contributed by atoms with E-state index in [0.717, 1.165) is 50.2 Å². The molecular formula is C32H30ClN3O3S. The quantitative estimate of drug-likeness (QED) is 0.170. The van der Waals surface area contributed by atoms with Gasteiger partial charge in [-0.25, -0.2) is 14.8 Å². The zero-order chi connectivity index (χ0) is 28.1. The maximum absolute atomic E-state index is 12.5. The van der Waals surface area contributed by atoms with Crippen molar-refractivity contribution in [2.75, 3.05) is 11.9 Å². The first-order valence-electron chi connectivity index (χ1n) is 13.2. The van der Waals surface area contributed by atoms with E-state index in [4.69, 9.17) is 16.3 Å². The third-order valence-electron chi connectivity index (χ3n) is 6.92. The highest BCUT2D eigenvalue weighted by atomic mass is 35.5. The molecule has 3 aromatic carbocycles. The number of carbonyl (C=O) groups is 1. The fourth-order valence-electron chi connectivity index (χ4n) is 4.82. The first-order valence-corrected chi connectivity index (χ1v) is 14.4. The molecule has 0 saturated heterocycles. The second-order valence-corrected chi connectivity index (χ2v) is 11.0. The van der Waals surface area contributed by atoms with Crippen molar-refractivity contribution in [2.24, 2.45) is 0 Å². The van der Waals surface area contributed by atoms with Crippen molar-refractivity contribution in [3.05, 3.63) is 106 Å². The second-order valence-electron chi connectivity index (χ2n) is 9.50. The Hall–Kier alpha value is -3.94. The zero-order valence-corrected chi connectivity index (χ0v) is 23.9. The van der Waals surface area contributed by atoms with Crippen LogP contribution < -0.4 is 10.1 Å². The number of carboxylic acids is 1. The predicted molar refractivity (Wildman–Crippen MR) is 163 cm³/mol. The van der Waals surface area contributed by atoms with Crippen molar-refractivity contribution in [2.45, 2.75) is 39.2 Å². The van der Waals surface area contributed by atoms with E-state index in [1.807, 2.05) is 67.6 Å². The minimum atomic E-state index is -0.975. The molecule has 1 atom stereocenters. The third-order valence-corrected chi connectivity index (χ3v) is 8.57. The van der Waals surface area contributed by atoms with Gasteiger partial charge in [-0.2, -0.15) is 0 Å². The van der Waals surface area contributed by atoms with E-state index in [0.29, 0.717) is 23.2 Å². The molecule has 2 N–H and O–H groups in total. The summed E-state index contributed by atoms with van der Waals surface area (Å²) in [5, 5.41) is 15.0. The molecule has 0 aliphatic rings. The fraction of sp³-hybridized carbons (Fsp3) is 0.219. The number of halogens is 1. The molecule has 0 spiro atoms. The Bertz CT molecular complexity index is 1640. The van der Waals surface area contributed by atoms with Crippen molar-refractivity contribution in [1.82, 2.24) is 9.97 Å². The lowest BCUT2D eigenvalue weighted by molar-refractivity contribution is -0.137. The highest BCUT2D eigenvalue weighted by Gasteiger charge is 2.25. The Morgan fingerprint density at radius 1 is 1.05 bits per heavy atom. The van der Waals surface area contributed by atoms with Crippen LogP contribution in [-0.4, -0.2) is 33.7 Å². The van der Waals surface area contributed by atoms with Gasteiger partial charge in [0.1, 0.15) is 28.8 Å². The molecule has 0 bridgehead atoms. The lowest BCUT2D eigenvalue weighted by Crippen LogP contribution is -2.32. The molecule has 6 nitrogen and oxygen atoms in total. The van der Waals surface area contributed by atoms with Gasteiger partial charge in [0.25, 0.3) is 0 Å². The number of benzene rings is 3. The molecule has 0 saturated carbocycles. The van der Waals surface area contributed by atoms with E-state index in [1.165, 1.54) is 11.9 Å². The van der Waals surface area contributed by atoms with E-state index in [-0.39, 0.29) is 6.42 Å². The summed E-state index contributed by atoms with van der Waals surface area (Å²) in [7, 11) is 0. The molecule has 8 heteroatoms. The number of para-hydroxylation sites is 1. The molecular weight excluding hydrogens is 542 g/mol. The van der Waals surface area contributed by atoms with E-state index in [2.05, 4.69) is 34.3 Å². The Morgan fingerprint density at radius 3 is 2.60 bits per heavy atom. The van der Waals surface area contributed by atoms with Gasteiger partial charge in [0, 0.05) is 28.3 Å². The molecule has 0 aliphatic carbocycles. The molecule has 0 fully saturated rings. The first kappa shape index (κ1) is 27.6. The Balaban J connectivity index is 1.45. The van der Waals surface area contributed by atoms with Gasteiger partial charge in [-0.15, -0.1) is 11.3 Å². The predicted octanol–water partition coefficient (Wildman–Crippen LogP) is 7.61. The Labute approximate surface area is 242 Å². The Kier molecular flexibility index (Phi) is 8.63. The molecule has 2 heterocycles. The molecule has 2 aromatic heterocycles. The minimum Gasteiger partial charge on any atom is -0.493 e. The topological polar surface area (TPSA) is 84.3 Å². The summed E-state index contributed by atoms with van der Waals surface area (Å²) < 4.78 is 6.10. The monoisotopic (exact) mass is 571 g/mol. The number of nitrogens with one attached hydrogen (secondary N) is 1. The number of rotatable bonds is 11. The van der Waals surface area contributed by atoms with E-state index in [1.54, 1.807) is 11.3 Å². The lowest BCUT2D eigenvalue weighted by atomic mass is 9.97. The van der Waals surface area contributed by atoms with Gasteiger partial charge in [0.05, 0.1) is 12.0 Å². The minimum absolute atomic E-state index is 0.221. The average molecular weight is 572 g/mol. The number of thiophene rings is 1. The largest absolute Gasteiger partial charge is 0.493 e. The van der Waals surface area contributed by atoms with E-state index < -0.39 is 12.0 Å². The molecule has 0 aliphatic heterocycles. The SMILES string of the molecule is CCc1sc2ncnc(N[C@H](Cc3ccccc3OCCc3ccccc3)C(=O)O)c2c1-c1cccc(Cl)c1C. The number of hydrogen-bond acceptors (Lipinski definition) is 6. The van der Waals surface area contributed by atoms with Crippen molar-refractivity contribution >= 4 is 44.9 Å². The van der Waals surface area contributed by atoms with Gasteiger partial charge in [-0.05, 0) is 47.7 Å². The third kappa shape index (κ3) is 5.96. The second kappa shape index (κ2) is 12.5. The van der Waals surface area contributed by atoms with E-state index in [9.17, 15) is 9.90 Å². The number of carboxylic acid groups (broad SMARTS) is 1. The summed E-state index contributed by atoms with van der Waals surface area (Å²) in [5.74, 6) is 0.195. The average Bonchev–Trinajstić information content (AvgIpc) is 3.35. The number of hydrogen-bond donors (Lipinski definition) is 2. The Morgan fingerprint density at radius 2 is 1.82 bits per heavy atom. The van der Waals surface area contributed by atoms with Gasteiger partial charge in [0.15, 0.2) is 0 Å². The summed E-state index contributed by atoms with van der Waals surface area (Å²) in [6.45, 7) is 4.59.